The van der Waals surface area contributed by atoms with Crippen LogP contribution in [0.5, 0.6) is 0 Å². The summed E-state index contributed by atoms with van der Waals surface area (Å²) in [4.78, 5) is 8.66. The van der Waals surface area contributed by atoms with Crippen molar-refractivity contribution in [1.29, 1.82) is 0 Å². The van der Waals surface area contributed by atoms with Crippen LogP contribution in [0.3, 0.4) is 0 Å². The number of fused-ring (bicyclic) bond motifs is 1. The van der Waals surface area contributed by atoms with Crippen LogP contribution in [-0.4, -0.2) is 28.2 Å². The SMILES string of the molecule is CCCC(CCO)CNc1nc(N)nc2ccc(CC)cc12. The van der Waals surface area contributed by atoms with Gasteiger partial charge in [-0.2, -0.15) is 4.98 Å². The van der Waals surface area contributed by atoms with Crippen LogP contribution in [0.2, 0.25) is 0 Å². The van der Waals surface area contributed by atoms with Crippen LogP contribution in [0.1, 0.15) is 38.7 Å². The Morgan fingerprint density at radius 2 is 2.05 bits per heavy atom. The van der Waals surface area contributed by atoms with Crippen LogP contribution in [0, 0.1) is 5.92 Å². The lowest BCUT2D eigenvalue weighted by molar-refractivity contribution is 0.255. The van der Waals surface area contributed by atoms with E-state index in [9.17, 15) is 5.11 Å². The molecule has 0 aliphatic heterocycles. The van der Waals surface area contributed by atoms with Gasteiger partial charge in [-0.25, -0.2) is 4.98 Å². The summed E-state index contributed by atoms with van der Waals surface area (Å²) >= 11 is 0. The Kier molecular flexibility index (Phi) is 5.95. The Hall–Kier alpha value is -1.88. The molecule has 1 heterocycles. The number of aliphatic hydroxyl groups excluding tert-OH is 1. The number of rotatable bonds is 8. The zero-order chi connectivity index (χ0) is 15.9. The van der Waals surface area contributed by atoms with Crippen LogP contribution in [0.15, 0.2) is 18.2 Å². The van der Waals surface area contributed by atoms with Gasteiger partial charge in [-0.05, 0) is 42.9 Å². The first-order chi connectivity index (χ1) is 10.7. The second-order valence-electron chi connectivity index (χ2n) is 5.68. The number of benzene rings is 1. The third-order valence-corrected chi connectivity index (χ3v) is 3.98. The molecule has 120 valence electrons. The summed E-state index contributed by atoms with van der Waals surface area (Å²) < 4.78 is 0. The van der Waals surface area contributed by atoms with Gasteiger partial charge in [-0.1, -0.05) is 26.3 Å². The number of hydrogen-bond donors (Lipinski definition) is 3. The first-order valence-corrected chi connectivity index (χ1v) is 8.08. The summed E-state index contributed by atoms with van der Waals surface area (Å²) in [5, 5.41) is 13.6. The molecule has 2 rings (SSSR count). The molecule has 0 spiro atoms. The van der Waals surface area contributed by atoms with Crippen LogP contribution in [-0.2, 0) is 6.42 Å². The number of hydrogen-bond acceptors (Lipinski definition) is 5. The van der Waals surface area contributed by atoms with E-state index in [0.29, 0.717) is 5.92 Å². The maximum atomic E-state index is 9.17. The first kappa shape index (κ1) is 16.5. The Morgan fingerprint density at radius 3 is 2.73 bits per heavy atom. The molecule has 0 fully saturated rings. The maximum Gasteiger partial charge on any atom is 0.222 e. The third-order valence-electron chi connectivity index (χ3n) is 3.98. The molecule has 1 atom stereocenters. The fourth-order valence-corrected chi connectivity index (χ4v) is 2.73. The van der Waals surface area contributed by atoms with Crippen molar-refractivity contribution in [1.82, 2.24) is 9.97 Å². The van der Waals surface area contributed by atoms with E-state index in [4.69, 9.17) is 5.73 Å². The number of nitrogens with two attached hydrogens (primary N) is 1. The van der Waals surface area contributed by atoms with E-state index in [1.807, 2.05) is 6.07 Å². The van der Waals surface area contributed by atoms with Crippen molar-refractivity contribution in [3.63, 3.8) is 0 Å². The lowest BCUT2D eigenvalue weighted by atomic mass is 10.00. The molecule has 0 saturated carbocycles. The molecule has 0 saturated heterocycles. The standard InChI is InChI=1S/C17H26N4O/c1-3-5-13(8-9-22)11-19-16-14-10-12(4-2)6-7-15(14)20-17(18)21-16/h6-7,10,13,22H,3-5,8-9,11H2,1-2H3,(H3,18,19,20,21). The van der Waals surface area contributed by atoms with Crippen molar-refractivity contribution >= 4 is 22.7 Å². The number of aryl methyl sites for hydroxylation is 1. The number of aliphatic hydroxyl groups is 1. The molecule has 1 aromatic heterocycles. The number of nitrogens with zero attached hydrogens (tertiary/aromatic N) is 2. The monoisotopic (exact) mass is 302 g/mol. The van der Waals surface area contributed by atoms with Crippen molar-refractivity contribution in [2.45, 2.75) is 39.5 Å². The normalized spacial score (nSPS) is 12.5. The number of anilines is 2. The van der Waals surface area contributed by atoms with Crippen molar-refractivity contribution in [2.75, 3.05) is 24.2 Å². The quantitative estimate of drug-likeness (QED) is 0.698. The van der Waals surface area contributed by atoms with E-state index >= 15 is 0 Å². The molecule has 22 heavy (non-hydrogen) atoms. The van der Waals surface area contributed by atoms with Crippen molar-refractivity contribution in [3.8, 4) is 0 Å². The fraction of sp³-hybridized carbons (Fsp3) is 0.529. The predicted octanol–water partition coefficient (Wildman–Crippen LogP) is 2.99. The van der Waals surface area contributed by atoms with Gasteiger partial charge >= 0.3 is 0 Å². The smallest absolute Gasteiger partial charge is 0.222 e. The third kappa shape index (κ3) is 4.07. The van der Waals surface area contributed by atoms with Crippen molar-refractivity contribution in [2.24, 2.45) is 5.92 Å². The minimum absolute atomic E-state index is 0.221. The maximum absolute atomic E-state index is 9.17. The van der Waals surface area contributed by atoms with Gasteiger partial charge in [-0.3, -0.25) is 0 Å². The van der Waals surface area contributed by atoms with Crippen molar-refractivity contribution in [3.05, 3.63) is 23.8 Å². The van der Waals surface area contributed by atoms with Crippen LogP contribution in [0.25, 0.3) is 10.9 Å². The number of nitrogens with one attached hydrogen (secondary N) is 1. The van der Waals surface area contributed by atoms with Gasteiger partial charge in [0.15, 0.2) is 0 Å². The van der Waals surface area contributed by atoms with E-state index in [1.54, 1.807) is 0 Å². The minimum Gasteiger partial charge on any atom is -0.396 e. The van der Waals surface area contributed by atoms with Crippen LogP contribution >= 0.6 is 0 Å². The Morgan fingerprint density at radius 1 is 1.23 bits per heavy atom. The average Bonchev–Trinajstić information content (AvgIpc) is 2.52. The van der Waals surface area contributed by atoms with Gasteiger partial charge in [0, 0.05) is 18.5 Å². The summed E-state index contributed by atoms with van der Waals surface area (Å²) in [7, 11) is 0. The van der Waals surface area contributed by atoms with E-state index in [0.717, 1.165) is 48.9 Å². The van der Waals surface area contributed by atoms with Gasteiger partial charge in [0.05, 0.1) is 5.52 Å². The highest BCUT2D eigenvalue weighted by molar-refractivity contribution is 5.90. The first-order valence-electron chi connectivity index (χ1n) is 8.08. The van der Waals surface area contributed by atoms with E-state index in [-0.39, 0.29) is 12.6 Å². The molecular weight excluding hydrogens is 276 g/mol. The molecule has 0 aliphatic rings. The molecule has 4 N–H and O–H groups in total. The Bertz CT molecular complexity index is 609. The molecule has 5 heteroatoms. The molecule has 1 unspecified atom stereocenters. The number of nitrogen functional groups attached to an aromatic ring is 1. The lowest BCUT2D eigenvalue weighted by Gasteiger charge is -2.17. The molecule has 1 aromatic carbocycles. The van der Waals surface area contributed by atoms with Crippen LogP contribution in [0.4, 0.5) is 11.8 Å². The molecule has 0 bridgehead atoms. The highest BCUT2D eigenvalue weighted by Crippen LogP contribution is 2.24. The van der Waals surface area contributed by atoms with Crippen LogP contribution < -0.4 is 11.1 Å². The summed E-state index contributed by atoms with van der Waals surface area (Å²) in [5.74, 6) is 1.51. The fourth-order valence-electron chi connectivity index (χ4n) is 2.73. The summed E-state index contributed by atoms with van der Waals surface area (Å²) in [6.07, 6.45) is 3.98. The lowest BCUT2D eigenvalue weighted by Crippen LogP contribution is -2.17. The van der Waals surface area contributed by atoms with Gasteiger partial charge in [-0.15, -0.1) is 0 Å². The molecular formula is C17H26N4O. The largest absolute Gasteiger partial charge is 0.396 e. The molecule has 2 aromatic rings. The second-order valence-corrected chi connectivity index (χ2v) is 5.68. The summed E-state index contributed by atoms with van der Waals surface area (Å²) in [6, 6.07) is 6.19. The second kappa shape index (κ2) is 7.94. The van der Waals surface area contributed by atoms with Gasteiger partial charge < -0.3 is 16.2 Å². The minimum atomic E-state index is 0.221. The summed E-state index contributed by atoms with van der Waals surface area (Å²) in [6.45, 7) is 5.30. The molecule has 0 aliphatic carbocycles. The van der Waals surface area contributed by atoms with Gasteiger partial charge in [0.2, 0.25) is 5.95 Å². The molecule has 5 nitrogen and oxygen atoms in total. The van der Waals surface area contributed by atoms with E-state index in [1.165, 1.54) is 5.56 Å². The number of aromatic nitrogens is 2. The predicted molar refractivity (Wildman–Crippen MR) is 91.9 cm³/mol. The van der Waals surface area contributed by atoms with Gasteiger partial charge in [0.1, 0.15) is 5.82 Å². The van der Waals surface area contributed by atoms with Crippen molar-refractivity contribution < 1.29 is 5.11 Å². The average molecular weight is 302 g/mol. The topological polar surface area (TPSA) is 84.1 Å². The van der Waals surface area contributed by atoms with E-state index < -0.39 is 0 Å². The Labute approximate surface area is 132 Å². The molecule has 0 amide bonds. The Balaban J connectivity index is 2.25. The highest BCUT2D eigenvalue weighted by Gasteiger charge is 2.11. The zero-order valence-electron chi connectivity index (χ0n) is 13.5. The van der Waals surface area contributed by atoms with E-state index in [2.05, 4.69) is 41.3 Å². The summed E-state index contributed by atoms with van der Waals surface area (Å²) in [5.41, 5.74) is 7.93. The highest BCUT2D eigenvalue weighted by atomic mass is 16.3. The molecule has 0 radical (unpaired) electrons. The zero-order valence-corrected chi connectivity index (χ0v) is 13.5. The van der Waals surface area contributed by atoms with Gasteiger partial charge in [0.25, 0.3) is 0 Å².